The van der Waals surface area contributed by atoms with E-state index in [0.29, 0.717) is 60.9 Å². The molecule has 4 aromatic rings. The average molecular weight is 1410 g/mol. The lowest BCUT2D eigenvalue weighted by Gasteiger charge is -2.33. The van der Waals surface area contributed by atoms with E-state index in [-0.39, 0.29) is 72.3 Å². The highest BCUT2D eigenvalue weighted by molar-refractivity contribution is 7.89. The van der Waals surface area contributed by atoms with E-state index in [1.165, 1.54) is 24.3 Å². The number of carbonyl (C=O) groups excluding carboxylic acids is 3. The molecule has 0 aliphatic carbocycles. The number of pyridine rings is 4. The maximum atomic E-state index is 12.5. The zero-order chi connectivity index (χ0) is 70.2. The first-order valence-electron chi connectivity index (χ1n) is 31.0. The van der Waals surface area contributed by atoms with Crippen molar-refractivity contribution in [1.29, 1.82) is 0 Å². The van der Waals surface area contributed by atoms with Gasteiger partial charge in [-0.2, -0.15) is 0 Å². The highest BCUT2D eigenvalue weighted by Gasteiger charge is 2.53. The number of rotatable bonds is 12. The van der Waals surface area contributed by atoms with Crippen molar-refractivity contribution in [3.8, 4) is 0 Å². The highest BCUT2D eigenvalue weighted by atomic mass is 35.5. The Morgan fingerprint density at radius 3 is 1.54 bits per heavy atom. The molecule has 2 saturated heterocycles. The van der Waals surface area contributed by atoms with Gasteiger partial charge in [0, 0.05) is 18.6 Å². The Hall–Kier alpha value is -6.25. The van der Waals surface area contributed by atoms with E-state index < -0.39 is 44.7 Å². The number of hydrogen-bond donors (Lipinski definition) is 3. The molecule has 9 heterocycles. The van der Waals surface area contributed by atoms with Crippen molar-refractivity contribution in [1.82, 2.24) is 24.8 Å². The minimum absolute atomic E-state index is 0.00169. The number of halogens is 4. The lowest BCUT2D eigenvalue weighted by Crippen LogP contribution is -2.45. The first-order valence-corrected chi connectivity index (χ1v) is 34.0. The molecule has 5 aliphatic rings. The molecule has 1 amide bonds. The lowest BCUT2D eigenvalue weighted by molar-refractivity contribution is 0.00566. The maximum Gasteiger partial charge on any atom is 0.531 e. The largest absolute Gasteiger partial charge is 0.531 e. The maximum absolute atomic E-state index is 12.5. The van der Waals surface area contributed by atoms with Crippen molar-refractivity contribution in [3.05, 3.63) is 127 Å². The summed E-state index contributed by atoms with van der Waals surface area (Å²) >= 11 is 23.2. The van der Waals surface area contributed by atoms with Crippen LogP contribution in [0.2, 0.25) is 20.6 Å². The summed E-state index contributed by atoms with van der Waals surface area (Å²) in [4.78, 5) is 64.6. The van der Waals surface area contributed by atoms with Crippen molar-refractivity contribution in [3.63, 3.8) is 0 Å². The molecule has 0 spiro atoms. The molecular formula is C66H90BCl4N7O15S. The van der Waals surface area contributed by atoms with Crippen molar-refractivity contribution in [2.45, 2.75) is 200 Å². The normalized spacial score (nSPS) is 18.0. The van der Waals surface area contributed by atoms with Crippen LogP contribution >= 0.6 is 46.4 Å². The molecule has 4 N–H and O–H groups in total. The van der Waals surface area contributed by atoms with Gasteiger partial charge in [0.1, 0.15) is 71.8 Å². The number of allylic oxidation sites excluding steroid dienone is 3. The smallest absolute Gasteiger partial charge is 0.502 e. The summed E-state index contributed by atoms with van der Waals surface area (Å²) in [5.74, 6) is 0.208. The summed E-state index contributed by atoms with van der Waals surface area (Å²) in [6.07, 6.45) is 14.5. The Balaban J connectivity index is 0.000000218. The Labute approximate surface area is 573 Å². The van der Waals surface area contributed by atoms with Crippen molar-refractivity contribution in [2.24, 2.45) is 11.1 Å². The number of carbonyl (C=O) groups is 4. The van der Waals surface area contributed by atoms with Crippen LogP contribution in [0.3, 0.4) is 0 Å². The number of aromatic nitrogens is 4. The van der Waals surface area contributed by atoms with Gasteiger partial charge in [-0.15, -0.1) is 0 Å². The van der Waals surface area contributed by atoms with E-state index >= 15 is 0 Å². The van der Waals surface area contributed by atoms with E-state index in [1.807, 2.05) is 37.8 Å². The van der Waals surface area contributed by atoms with Gasteiger partial charge < -0.3 is 53.1 Å². The van der Waals surface area contributed by atoms with Crippen LogP contribution in [0.25, 0.3) is 11.5 Å². The standard InChI is InChI=1S/C19H32N4O4S.C15H18ClNO3.C11H19BO3.C11H10ClNO3.C10H11Cl2NO2/c1-18(2,3)27-17(24)23-13-14(12-19(23,4)5)8-7-11-21-15-9-6-10-16(22-15)28(20,25)26;1-15(2,3)20-14(18)10-7-8-11(17-13(10)16)12-6-4-5-9-19-12;1-10(2)11(3,4)15-12(14-10)9-7-5-6-8-13-9;12-10-7(11(14)15)4-5-8(13-10)9-3-1-2-6-16-9;1-10(2,3)15-9(14)6-4-5-7(11)13-8(6)12/h6,9-10,14H,7-8,11-13H2,1-5H3,(H,21,22)(H2,20,25,26);6-8H,4-5,9H2,1-3H3;7H,5-6,8H2,1-4H3;3-5H,1-2,6H2,(H,14,15);4-5H,1-3H3/t14-;;;;/m0..../s1. The monoisotopic (exact) mass is 1400 g/mol. The molecule has 9 rings (SSSR count). The summed E-state index contributed by atoms with van der Waals surface area (Å²) in [6, 6.07) is 14.0. The molecule has 94 heavy (non-hydrogen) atoms. The molecular weight excluding hydrogens is 1320 g/mol. The SMILES string of the molecule is CC(C)(C)OC(=O)N1C[C@@H](CCCNc2cccc(S(N)(=O)=O)n2)CC1(C)C.CC(C)(C)OC(=O)c1ccc(C2=CCCCO2)nc1Cl.CC(C)(C)OC(=O)c1ccc(Cl)nc1Cl.CC1(C)OB(C2=CCCCO2)OC1(C)C.O=C(O)c1ccc(C2=CCCCO2)nc1Cl. The number of aromatic carboxylic acids is 1. The molecule has 22 nitrogen and oxygen atoms in total. The molecule has 0 saturated carbocycles. The zero-order valence-electron chi connectivity index (χ0n) is 56.4. The number of esters is 2. The fraction of sp³-hybridized carbons (Fsp3) is 0.545. The van der Waals surface area contributed by atoms with E-state index in [9.17, 15) is 27.6 Å². The quantitative estimate of drug-likeness (QED) is 0.0390. The van der Waals surface area contributed by atoms with Crippen molar-refractivity contribution < 1.29 is 70.4 Å². The fourth-order valence-corrected chi connectivity index (χ4v) is 10.7. The number of likely N-dealkylation sites (tertiary alicyclic amines) is 1. The number of primary sulfonamides is 1. The summed E-state index contributed by atoms with van der Waals surface area (Å²) in [5, 5.41) is 17.3. The zero-order valence-corrected chi connectivity index (χ0v) is 60.2. The van der Waals surface area contributed by atoms with Crippen molar-refractivity contribution >= 4 is 105 Å². The summed E-state index contributed by atoms with van der Waals surface area (Å²) in [5.41, 5.74) is 0.142. The number of sulfonamides is 1. The van der Waals surface area contributed by atoms with Crippen LogP contribution in [-0.2, 0) is 47.8 Å². The van der Waals surface area contributed by atoms with E-state index in [0.717, 1.165) is 70.1 Å². The van der Waals surface area contributed by atoms with Gasteiger partial charge in [-0.05, 0) is 234 Å². The van der Waals surface area contributed by atoms with Crippen LogP contribution in [0.4, 0.5) is 10.6 Å². The number of anilines is 1. The molecule has 5 aliphatic heterocycles. The van der Waals surface area contributed by atoms with Crippen LogP contribution < -0.4 is 10.5 Å². The van der Waals surface area contributed by atoms with Gasteiger partial charge in [-0.25, -0.2) is 52.7 Å². The number of nitrogens with zero attached hydrogens (tertiary/aromatic N) is 5. The Kier molecular flexibility index (Phi) is 28.1. The van der Waals surface area contributed by atoms with Crippen LogP contribution in [0.5, 0.6) is 0 Å². The number of carboxylic acids is 1. The molecule has 0 bridgehead atoms. The van der Waals surface area contributed by atoms with Gasteiger partial charge >= 0.3 is 31.1 Å². The van der Waals surface area contributed by atoms with Crippen LogP contribution in [0, 0.1) is 5.92 Å². The molecule has 4 aromatic heterocycles. The Morgan fingerprint density at radius 2 is 1.12 bits per heavy atom. The fourth-order valence-electron chi connectivity index (χ4n) is 9.36. The number of hydrogen-bond acceptors (Lipinski definition) is 19. The van der Waals surface area contributed by atoms with Gasteiger partial charge in [-0.3, -0.25) is 0 Å². The lowest BCUT2D eigenvalue weighted by atomic mass is 9.85. The predicted octanol–water partition coefficient (Wildman–Crippen LogP) is 15.0. The molecule has 0 unspecified atom stereocenters. The third-order valence-corrected chi connectivity index (χ3v) is 16.4. The molecule has 28 heteroatoms. The van der Waals surface area contributed by atoms with Gasteiger partial charge in [0.05, 0.1) is 47.7 Å². The molecule has 2 fully saturated rings. The van der Waals surface area contributed by atoms with Gasteiger partial charge in [-0.1, -0.05) is 52.5 Å². The van der Waals surface area contributed by atoms with Gasteiger partial charge in [0.15, 0.2) is 5.03 Å². The number of carboxylic acid groups (broad SMARTS) is 1. The van der Waals surface area contributed by atoms with Crippen LogP contribution in [-0.4, -0.2) is 136 Å². The third-order valence-electron chi connectivity index (χ3n) is 14.5. The summed E-state index contributed by atoms with van der Waals surface area (Å²) in [7, 11) is -4.13. The highest BCUT2D eigenvalue weighted by Crippen LogP contribution is 2.40. The first-order chi connectivity index (χ1) is 43.5. The second-order valence-corrected chi connectivity index (χ2v) is 30.1. The molecule has 0 radical (unpaired) electrons. The number of nitrogens with two attached hydrogens (primary N) is 1. The minimum atomic E-state index is -3.81. The summed E-state index contributed by atoms with van der Waals surface area (Å²) < 4.78 is 67.0. The molecule has 516 valence electrons. The van der Waals surface area contributed by atoms with Crippen LogP contribution in [0.15, 0.2) is 83.5 Å². The third kappa shape index (κ3) is 25.1. The first kappa shape index (κ1) is 78.5. The van der Waals surface area contributed by atoms with Crippen LogP contribution in [0.1, 0.15) is 204 Å². The minimum Gasteiger partial charge on any atom is -0.502 e. The Morgan fingerprint density at radius 1 is 0.649 bits per heavy atom. The van der Waals surface area contributed by atoms with Crippen molar-refractivity contribution in [2.75, 3.05) is 38.2 Å². The second-order valence-electron chi connectivity index (χ2n) is 27.1. The van der Waals surface area contributed by atoms with E-state index in [1.54, 1.807) is 71.9 Å². The average Bonchev–Trinajstić information content (AvgIpc) is 1.64. The summed E-state index contributed by atoms with van der Waals surface area (Å²) in [6.45, 7) is 32.2. The van der Waals surface area contributed by atoms with E-state index in [4.69, 9.17) is 94.4 Å². The van der Waals surface area contributed by atoms with E-state index in [2.05, 4.69) is 72.9 Å². The number of ether oxygens (including phenoxy) is 6. The van der Waals surface area contributed by atoms with Gasteiger partial charge in [0.25, 0.3) is 10.0 Å². The van der Waals surface area contributed by atoms with Gasteiger partial charge in [0.2, 0.25) is 0 Å². The number of nitrogens with one attached hydrogen (secondary N) is 1. The Bertz CT molecular complexity index is 3500. The molecule has 1 atom stereocenters. The second kappa shape index (κ2) is 33.6. The number of amides is 1. The predicted molar refractivity (Wildman–Crippen MR) is 364 cm³/mol. The molecule has 0 aromatic carbocycles. The topological polar surface area (TPSA) is 289 Å².